The zero-order valence-corrected chi connectivity index (χ0v) is 11.2. The first-order valence-corrected chi connectivity index (χ1v) is 6.01. The summed E-state index contributed by atoms with van der Waals surface area (Å²) in [4.78, 5) is 0.348. The molecule has 0 radical (unpaired) electrons. The van der Waals surface area contributed by atoms with Crippen LogP contribution in [-0.2, 0) is 0 Å². The van der Waals surface area contributed by atoms with E-state index in [0.29, 0.717) is 4.99 Å². The van der Waals surface area contributed by atoms with Crippen molar-refractivity contribution in [3.05, 3.63) is 28.2 Å². The molecule has 4 heteroatoms. The third kappa shape index (κ3) is 3.18. The average molecular weight is 288 g/mol. The summed E-state index contributed by atoms with van der Waals surface area (Å²) in [6.45, 7) is 4.09. The fourth-order valence-corrected chi connectivity index (χ4v) is 2.05. The topological polar surface area (TPSA) is 35.2 Å². The Morgan fingerprint density at radius 1 is 1.60 bits per heavy atom. The Labute approximate surface area is 104 Å². The fraction of sp³-hybridized carbons (Fsp3) is 0.364. The van der Waals surface area contributed by atoms with Gasteiger partial charge in [0.2, 0.25) is 0 Å². The summed E-state index contributed by atoms with van der Waals surface area (Å²) in [5, 5.41) is 0. The summed E-state index contributed by atoms with van der Waals surface area (Å²) >= 11 is 8.41. The molecule has 1 atom stereocenters. The lowest BCUT2D eigenvalue weighted by atomic mass is 10.2. The molecule has 0 aromatic heterocycles. The maximum Gasteiger partial charge on any atom is 0.131 e. The van der Waals surface area contributed by atoms with E-state index in [0.717, 1.165) is 22.2 Å². The van der Waals surface area contributed by atoms with Crippen LogP contribution in [0.4, 0.5) is 0 Å². The highest BCUT2D eigenvalue weighted by atomic mass is 79.9. The molecule has 1 rings (SSSR count). The van der Waals surface area contributed by atoms with Gasteiger partial charge in [-0.3, -0.25) is 0 Å². The molecule has 0 saturated carbocycles. The van der Waals surface area contributed by atoms with Crippen LogP contribution < -0.4 is 10.5 Å². The van der Waals surface area contributed by atoms with E-state index in [1.165, 1.54) is 0 Å². The third-order valence-corrected chi connectivity index (χ3v) is 2.99. The summed E-state index contributed by atoms with van der Waals surface area (Å²) in [6.07, 6.45) is 1.11. The normalized spacial score (nSPS) is 12.2. The predicted molar refractivity (Wildman–Crippen MR) is 70.4 cm³/mol. The summed E-state index contributed by atoms with van der Waals surface area (Å²) in [7, 11) is 0. The Hall–Kier alpha value is -0.610. The van der Waals surface area contributed by atoms with Crippen LogP contribution in [0, 0.1) is 0 Å². The van der Waals surface area contributed by atoms with E-state index in [2.05, 4.69) is 22.9 Å². The molecule has 0 aliphatic heterocycles. The third-order valence-electron chi connectivity index (χ3n) is 2.12. The lowest BCUT2D eigenvalue weighted by molar-refractivity contribution is 0.217. The Morgan fingerprint density at radius 3 is 2.80 bits per heavy atom. The highest BCUT2D eigenvalue weighted by Crippen LogP contribution is 2.27. The van der Waals surface area contributed by atoms with Crippen LogP contribution in [0.3, 0.4) is 0 Å². The summed E-state index contributed by atoms with van der Waals surface area (Å²) < 4.78 is 6.61. The van der Waals surface area contributed by atoms with E-state index in [9.17, 15) is 0 Å². The van der Waals surface area contributed by atoms with Crippen LogP contribution in [0.1, 0.15) is 25.8 Å². The summed E-state index contributed by atoms with van der Waals surface area (Å²) in [5.74, 6) is 0.742. The zero-order valence-electron chi connectivity index (χ0n) is 8.79. The quantitative estimate of drug-likeness (QED) is 0.864. The SMILES string of the molecule is CCC(C)Oc1cccc(Br)c1C(N)=S. The second kappa shape index (κ2) is 5.47. The van der Waals surface area contributed by atoms with E-state index >= 15 is 0 Å². The lowest BCUT2D eigenvalue weighted by Gasteiger charge is -2.16. The van der Waals surface area contributed by atoms with Crippen molar-refractivity contribution in [3.63, 3.8) is 0 Å². The molecular weight excluding hydrogens is 274 g/mol. The monoisotopic (exact) mass is 287 g/mol. The Bertz CT molecular complexity index is 368. The number of hydrogen-bond donors (Lipinski definition) is 1. The molecule has 0 saturated heterocycles. The summed E-state index contributed by atoms with van der Waals surface area (Å²) in [5.41, 5.74) is 6.43. The van der Waals surface area contributed by atoms with Gasteiger partial charge in [-0.25, -0.2) is 0 Å². The minimum Gasteiger partial charge on any atom is -0.490 e. The van der Waals surface area contributed by atoms with Gasteiger partial charge in [-0.2, -0.15) is 0 Å². The van der Waals surface area contributed by atoms with Gasteiger partial charge < -0.3 is 10.5 Å². The van der Waals surface area contributed by atoms with Crippen LogP contribution in [0.15, 0.2) is 22.7 Å². The van der Waals surface area contributed by atoms with Crippen molar-refractivity contribution >= 4 is 33.1 Å². The molecule has 15 heavy (non-hydrogen) atoms. The second-order valence-electron chi connectivity index (χ2n) is 3.31. The molecular formula is C11H14BrNOS. The number of ether oxygens (including phenoxy) is 1. The van der Waals surface area contributed by atoms with Crippen molar-refractivity contribution in [2.45, 2.75) is 26.4 Å². The van der Waals surface area contributed by atoms with E-state index in [4.69, 9.17) is 22.7 Å². The van der Waals surface area contributed by atoms with Crippen LogP contribution in [0.2, 0.25) is 0 Å². The van der Waals surface area contributed by atoms with Crippen LogP contribution in [-0.4, -0.2) is 11.1 Å². The molecule has 0 aliphatic carbocycles. The number of rotatable bonds is 4. The number of benzene rings is 1. The molecule has 0 heterocycles. The molecule has 0 bridgehead atoms. The maximum absolute atomic E-state index is 5.74. The molecule has 0 aliphatic rings. The highest BCUT2D eigenvalue weighted by Gasteiger charge is 2.12. The molecule has 0 spiro atoms. The number of thiocarbonyl (C=S) groups is 1. The van der Waals surface area contributed by atoms with Crippen molar-refractivity contribution in [2.75, 3.05) is 0 Å². The predicted octanol–water partition coefficient (Wildman–Crippen LogP) is 3.26. The van der Waals surface area contributed by atoms with E-state index in [-0.39, 0.29) is 6.10 Å². The molecule has 0 amide bonds. The maximum atomic E-state index is 5.74. The van der Waals surface area contributed by atoms with Gasteiger partial charge in [0, 0.05) is 4.47 Å². The molecule has 1 unspecified atom stereocenters. The van der Waals surface area contributed by atoms with E-state index in [1.54, 1.807) is 0 Å². The first-order valence-electron chi connectivity index (χ1n) is 4.81. The van der Waals surface area contributed by atoms with Gasteiger partial charge in [-0.15, -0.1) is 0 Å². The smallest absolute Gasteiger partial charge is 0.131 e. The van der Waals surface area contributed by atoms with Gasteiger partial charge in [0.05, 0.1) is 11.7 Å². The standard InChI is InChI=1S/C11H14BrNOS/c1-3-7(2)14-9-6-4-5-8(12)10(9)11(13)15/h4-7H,3H2,1-2H3,(H2,13,15). The largest absolute Gasteiger partial charge is 0.490 e. The van der Waals surface area contributed by atoms with Gasteiger partial charge in [0.1, 0.15) is 10.7 Å². The van der Waals surface area contributed by atoms with Gasteiger partial charge >= 0.3 is 0 Å². The summed E-state index contributed by atoms with van der Waals surface area (Å²) in [6, 6.07) is 5.69. The molecule has 1 aromatic carbocycles. The van der Waals surface area contributed by atoms with Crippen LogP contribution in [0.25, 0.3) is 0 Å². The minimum atomic E-state index is 0.160. The van der Waals surface area contributed by atoms with Gasteiger partial charge in [0.15, 0.2) is 0 Å². The first kappa shape index (κ1) is 12.5. The molecule has 2 nitrogen and oxygen atoms in total. The second-order valence-corrected chi connectivity index (χ2v) is 4.61. The number of halogens is 1. The molecule has 2 N–H and O–H groups in total. The van der Waals surface area contributed by atoms with Gasteiger partial charge in [0.25, 0.3) is 0 Å². The number of nitrogens with two attached hydrogens (primary N) is 1. The average Bonchev–Trinajstić information content (AvgIpc) is 2.17. The lowest BCUT2D eigenvalue weighted by Crippen LogP contribution is -2.16. The van der Waals surface area contributed by atoms with Crippen molar-refractivity contribution in [2.24, 2.45) is 5.73 Å². The fourth-order valence-electron chi connectivity index (χ4n) is 1.14. The zero-order chi connectivity index (χ0) is 11.4. The minimum absolute atomic E-state index is 0.160. The highest BCUT2D eigenvalue weighted by molar-refractivity contribution is 9.10. The van der Waals surface area contributed by atoms with E-state index < -0.39 is 0 Å². The van der Waals surface area contributed by atoms with Gasteiger partial charge in [-0.05, 0) is 41.4 Å². The number of hydrogen-bond acceptors (Lipinski definition) is 2. The van der Waals surface area contributed by atoms with E-state index in [1.807, 2.05) is 25.1 Å². The van der Waals surface area contributed by atoms with Crippen molar-refractivity contribution in [1.82, 2.24) is 0 Å². The van der Waals surface area contributed by atoms with Crippen molar-refractivity contribution < 1.29 is 4.74 Å². The first-order chi connectivity index (χ1) is 7.06. The van der Waals surface area contributed by atoms with Crippen molar-refractivity contribution in [1.29, 1.82) is 0 Å². The Balaban J connectivity index is 3.06. The van der Waals surface area contributed by atoms with Crippen molar-refractivity contribution in [3.8, 4) is 5.75 Å². The van der Waals surface area contributed by atoms with Crippen LogP contribution >= 0.6 is 28.1 Å². The van der Waals surface area contributed by atoms with Gasteiger partial charge in [-0.1, -0.05) is 25.2 Å². The Morgan fingerprint density at radius 2 is 2.27 bits per heavy atom. The molecule has 82 valence electrons. The Kier molecular flexibility index (Phi) is 4.54. The molecule has 0 fully saturated rings. The van der Waals surface area contributed by atoms with Crippen LogP contribution in [0.5, 0.6) is 5.75 Å². The molecule has 1 aromatic rings.